The van der Waals surface area contributed by atoms with Crippen LogP contribution in [0.1, 0.15) is 55.6 Å². The van der Waals surface area contributed by atoms with Crippen molar-refractivity contribution in [2.75, 3.05) is 13.2 Å². The third-order valence-electron chi connectivity index (χ3n) is 6.42. The molecule has 0 aromatic heterocycles. The molecule has 1 amide bonds. The molecule has 2 aromatic rings. The monoisotopic (exact) mass is 409 g/mol. The Morgan fingerprint density at radius 1 is 0.967 bits per heavy atom. The van der Waals surface area contributed by atoms with Crippen molar-refractivity contribution in [2.24, 2.45) is 0 Å². The van der Waals surface area contributed by atoms with Gasteiger partial charge >= 0.3 is 6.09 Å². The van der Waals surface area contributed by atoms with Gasteiger partial charge in [0.15, 0.2) is 0 Å². The Morgan fingerprint density at radius 3 is 2.47 bits per heavy atom. The summed E-state index contributed by atoms with van der Waals surface area (Å²) in [6, 6.07) is 18.7. The summed E-state index contributed by atoms with van der Waals surface area (Å²) in [5.74, 6) is 1.47. The maximum atomic E-state index is 11.3. The number of rotatable bonds is 7. The van der Waals surface area contributed by atoms with Crippen LogP contribution in [0.3, 0.4) is 0 Å². The average molecular weight is 410 g/mol. The molecule has 5 heteroatoms. The van der Waals surface area contributed by atoms with Gasteiger partial charge in [0.25, 0.3) is 0 Å². The quantitative estimate of drug-likeness (QED) is 0.660. The first kappa shape index (κ1) is 20.7. The largest absolute Gasteiger partial charge is 0.489 e. The fourth-order valence-electron chi connectivity index (χ4n) is 4.73. The smallest absolute Gasteiger partial charge is 0.407 e. The van der Waals surface area contributed by atoms with Crippen LogP contribution in [-0.4, -0.2) is 41.4 Å². The van der Waals surface area contributed by atoms with Gasteiger partial charge in [-0.3, -0.25) is 0 Å². The fraction of sp³-hybridized carbons (Fsp3) is 0.480. The Morgan fingerprint density at radius 2 is 1.70 bits per heavy atom. The molecular formula is C25H31NO4. The maximum Gasteiger partial charge on any atom is 0.407 e. The normalized spacial score (nSPS) is 24.0. The van der Waals surface area contributed by atoms with Crippen LogP contribution in [0.15, 0.2) is 54.6 Å². The third-order valence-corrected chi connectivity index (χ3v) is 6.42. The first-order valence-electron chi connectivity index (χ1n) is 11.1. The van der Waals surface area contributed by atoms with Gasteiger partial charge < -0.3 is 19.5 Å². The molecule has 5 nitrogen and oxygen atoms in total. The minimum Gasteiger partial charge on any atom is -0.489 e. The number of benzene rings is 2. The third kappa shape index (κ3) is 5.14. The van der Waals surface area contributed by atoms with E-state index in [1.807, 2.05) is 24.3 Å². The van der Waals surface area contributed by atoms with E-state index in [0.29, 0.717) is 25.7 Å². The minimum absolute atomic E-state index is 0.0207. The lowest BCUT2D eigenvalue weighted by atomic mass is 9.82. The van der Waals surface area contributed by atoms with Crippen LogP contribution in [0, 0.1) is 0 Å². The molecule has 1 saturated heterocycles. The Bertz CT molecular complexity index is 817. The molecule has 1 atom stereocenters. The van der Waals surface area contributed by atoms with Crippen molar-refractivity contribution in [3.8, 4) is 5.75 Å². The number of hydrogen-bond donors (Lipinski definition) is 1. The van der Waals surface area contributed by atoms with Crippen molar-refractivity contribution in [3.63, 3.8) is 0 Å². The Hall–Kier alpha value is -2.53. The average Bonchev–Trinajstić information content (AvgIpc) is 3.27. The highest BCUT2D eigenvalue weighted by molar-refractivity contribution is 5.65. The molecule has 2 aromatic carbocycles. The fourth-order valence-corrected chi connectivity index (χ4v) is 4.73. The lowest BCUT2D eigenvalue weighted by Gasteiger charge is -2.31. The Kier molecular flexibility index (Phi) is 6.90. The van der Waals surface area contributed by atoms with Crippen molar-refractivity contribution in [1.82, 2.24) is 4.90 Å². The van der Waals surface area contributed by atoms with Crippen LogP contribution in [0.25, 0.3) is 0 Å². The highest BCUT2D eigenvalue weighted by Gasteiger charge is 2.30. The van der Waals surface area contributed by atoms with Crippen LogP contribution in [-0.2, 0) is 11.3 Å². The van der Waals surface area contributed by atoms with Gasteiger partial charge in [0.1, 0.15) is 12.4 Å². The zero-order valence-corrected chi connectivity index (χ0v) is 17.4. The highest BCUT2D eigenvalue weighted by atomic mass is 16.5. The number of para-hydroxylation sites is 1. The van der Waals surface area contributed by atoms with E-state index in [4.69, 9.17) is 9.47 Å². The van der Waals surface area contributed by atoms with E-state index in [1.165, 1.54) is 16.0 Å². The van der Waals surface area contributed by atoms with Crippen molar-refractivity contribution < 1.29 is 19.4 Å². The van der Waals surface area contributed by atoms with E-state index < -0.39 is 6.09 Å². The maximum absolute atomic E-state index is 11.3. The van der Waals surface area contributed by atoms with E-state index in [2.05, 4.69) is 30.3 Å². The number of amides is 1. The molecule has 1 heterocycles. The summed E-state index contributed by atoms with van der Waals surface area (Å²) in [6.07, 6.45) is 5.43. The summed E-state index contributed by atoms with van der Waals surface area (Å²) in [4.78, 5) is 12.8. The van der Waals surface area contributed by atoms with E-state index in [9.17, 15) is 9.90 Å². The number of carbonyl (C=O) groups is 1. The molecule has 0 radical (unpaired) electrons. The lowest BCUT2D eigenvalue weighted by molar-refractivity contribution is -0.00115. The molecule has 4 rings (SSSR count). The highest BCUT2D eigenvalue weighted by Crippen LogP contribution is 2.38. The first-order valence-corrected chi connectivity index (χ1v) is 11.1. The predicted molar refractivity (Wildman–Crippen MR) is 116 cm³/mol. The molecule has 0 spiro atoms. The van der Waals surface area contributed by atoms with Gasteiger partial charge in [-0.25, -0.2) is 4.79 Å². The van der Waals surface area contributed by atoms with Crippen LogP contribution < -0.4 is 4.74 Å². The Balaban J connectivity index is 1.28. The molecule has 1 unspecified atom stereocenters. The van der Waals surface area contributed by atoms with E-state index in [0.717, 1.165) is 44.3 Å². The van der Waals surface area contributed by atoms with Crippen molar-refractivity contribution in [3.05, 3.63) is 65.7 Å². The second kappa shape index (κ2) is 9.98. The zero-order chi connectivity index (χ0) is 20.8. The summed E-state index contributed by atoms with van der Waals surface area (Å²) in [7, 11) is 0. The van der Waals surface area contributed by atoms with Crippen molar-refractivity contribution >= 4 is 6.09 Å². The van der Waals surface area contributed by atoms with E-state index in [-0.39, 0.29) is 12.1 Å². The number of ether oxygens (including phenoxy) is 2. The number of carboxylic acid groups (broad SMARTS) is 1. The topological polar surface area (TPSA) is 59.0 Å². The Labute approximate surface area is 178 Å². The molecule has 1 aliphatic heterocycles. The molecular weight excluding hydrogens is 378 g/mol. The molecule has 1 N–H and O–H groups in total. The van der Waals surface area contributed by atoms with Gasteiger partial charge in [0.05, 0.1) is 18.8 Å². The van der Waals surface area contributed by atoms with Crippen LogP contribution in [0.5, 0.6) is 5.75 Å². The zero-order valence-electron chi connectivity index (χ0n) is 17.4. The number of nitrogens with zero attached hydrogens (tertiary/aromatic N) is 1. The molecule has 30 heavy (non-hydrogen) atoms. The molecule has 2 fully saturated rings. The summed E-state index contributed by atoms with van der Waals surface area (Å²) in [5.41, 5.74) is 2.46. The molecule has 160 valence electrons. The van der Waals surface area contributed by atoms with Crippen molar-refractivity contribution in [2.45, 2.75) is 63.2 Å². The van der Waals surface area contributed by atoms with Gasteiger partial charge in [0, 0.05) is 6.54 Å². The van der Waals surface area contributed by atoms with Crippen LogP contribution in [0.2, 0.25) is 0 Å². The summed E-state index contributed by atoms with van der Waals surface area (Å²) >= 11 is 0. The number of likely N-dealkylation sites (tertiary alicyclic amines) is 1. The molecule has 0 bridgehead atoms. The second-order valence-corrected chi connectivity index (χ2v) is 8.39. The van der Waals surface area contributed by atoms with E-state index >= 15 is 0 Å². The lowest BCUT2D eigenvalue weighted by Crippen LogP contribution is -2.38. The molecule has 1 aliphatic carbocycles. The first-order chi connectivity index (χ1) is 14.7. The second-order valence-electron chi connectivity index (χ2n) is 8.39. The van der Waals surface area contributed by atoms with Gasteiger partial charge in [-0.1, -0.05) is 48.5 Å². The van der Waals surface area contributed by atoms with Gasteiger partial charge in [-0.05, 0) is 61.6 Å². The SMILES string of the molecule is O=C(O)N1CCCC1COC1CCC(c2ccccc2OCc2ccccc2)CC1. The van der Waals surface area contributed by atoms with Crippen LogP contribution in [0.4, 0.5) is 4.79 Å². The van der Waals surface area contributed by atoms with Crippen molar-refractivity contribution in [1.29, 1.82) is 0 Å². The minimum atomic E-state index is -0.822. The predicted octanol–water partition coefficient (Wildman–Crippen LogP) is 5.45. The van der Waals surface area contributed by atoms with Gasteiger partial charge in [-0.15, -0.1) is 0 Å². The molecule has 1 saturated carbocycles. The standard InChI is InChI=1S/C25H31NO4/c27-25(28)26-16-6-9-21(26)18-29-22-14-12-20(13-15-22)23-10-4-5-11-24(23)30-17-19-7-2-1-3-8-19/h1-5,7-8,10-11,20-22H,6,9,12-18H2,(H,27,28). The molecule has 2 aliphatic rings. The summed E-state index contributed by atoms with van der Waals surface area (Å²) in [5, 5.41) is 9.28. The summed E-state index contributed by atoms with van der Waals surface area (Å²) in [6.45, 7) is 1.74. The number of hydrogen-bond acceptors (Lipinski definition) is 3. The summed E-state index contributed by atoms with van der Waals surface area (Å²) < 4.78 is 12.3. The van der Waals surface area contributed by atoms with E-state index in [1.54, 1.807) is 0 Å². The van der Waals surface area contributed by atoms with Gasteiger partial charge in [-0.2, -0.15) is 0 Å². The van der Waals surface area contributed by atoms with Crippen LogP contribution >= 0.6 is 0 Å². The van der Waals surface area contributed by atoms with Gasteiger partial charge in [0.2, 0.25) is 0 Å².